The van der Waals surface area contributed by atoms with Crippen molar-refractivity contribution in [3.05, 3.63) is 18.1 Å². The molecule has 0 amide bonds. The minimum atomic E-state index is 0.597. The van der Waals surface area contributed by atoms with Gasteiger partial charge in [-0.1, -0.05) is 6.92 Å². The number of aromatic nitrogens is 2. The third kappa shape index (κ3) is 2.95. The lowest BCUT2D eigenvalue weighted by Gasteiger charge is -2.22. The van der Waals surface area contributed by atoms with E-state index in [1.165, 1.54) is 0 Å². The first-order valence-corrected chi connectivity index (χ1v) is 6.26. The Morgan fingerprint density at radius 3 is 2.67 bits per heavy atom. The largest absolute Gasteiger partial charge is 0.307 e. The molecule has 1 aromatic rings. The van der Waals surface area contributed by atoms with Crippen LogP contribution >= 0.6 is 0 Å². The molecule has 3 N–H and O–H groups in total. The number of anilines is 1. The molecule has 1 fully saturated rings. The van der Waals surface area contributed by atoms with Crippen molar-refractivity contribution in [2.24, 2.45) is 11.8 Å². The zero-order chi connectivity index (χ0) is 13.1. The number of nitrogen functional groups attached to an aromatic ring is 1. The van der Waals surface area contributed by atoms with E-state index in [1.54, 1.807) is 12.4 Å². The van der Waals surface area contributed by atoms with Crippen molar-refractivity contribution in [1.29, 1.82) is 0 Å². The van der Waals surface area contributed by atoms with Gasteiger partial charge in [0, 0.05) is 25.7 Å². The number of hydrogen-bond donors (Lipinski definition) is 2. The number of likely N-dealkylation sites (tertiary alicyclic amines) is 1. The third-order valence-corrected chi connectivity index (χ3v) is 3.55. The molecule has 1 saturated heterocycles. The molecule has 0 spiro atoms. The van der Waals surface area contributed by atoms with Crippen molar-refractivity contribution >= 4 is 5.82 Å². The normalized spacial score (nSPS) is 24.7. The Balaban J connectivity index is 1.94. The lowest BCUT2D eigenvalue weighted by Crippen LogP contribution is -2.34. The summed E-state index contributed by atoms with van der Waals surface area (Å²) >= 11 is 0. The molecule has 6 nitrogen and oxygen atoms in total. The lowest BCUT2D eigenvalue weighted by molar-refractivity contribution is 0.249. The van der Waals surface area contributed by atoms with E-state index in [2.05, 4.69) is 46.2 Å². The molecule has 6 heteroatoms. The molecule has 18 heavy (non-hydrogen) atoms. The van der Waals surface area contributed by atoms with Crippen LogP contribution in [0.1, 0.15) is 12.6 Å². The SMILES string of the molecule is CC1CN(Cc2cnc(NN)cn2)CC1N(C)C. The molecule has 1 aliphatic heterocycles. The van der Waals surface area contributed by atoms with Gasteiger partial charge < -0.3 is 10.3 Å². The summed E-state index contributed by atoms with van der Waals surface area (Å²) in [5.74, 6) is 6.55. The highest BCUT2D eigenvalue weighted by Gasteiger charge is 2.30. The van der Waals surface area contributed by atoms with E-state index in [-0.39, 0.29) is 0 Å². The summed E-state index contributed by atoms with van der Waals surface area (Å²) in [5, 5.41) is 0. The van der Waals surface area contributed by atoms with Crippen LogP contribution in [-0.2, 0) is 6.54 Å². The van der Waals surface area contributed by atoms with Crippen LogP contribution in [0.25, 0.3) is 0 Å². The summed E-state index contributed by atoms with van der Waals surface area (Å²) in [4.78, 5) is 13.3. The second kappa shape index (κ2) is 5.60. The highest BCUT2D eigenvalue weighted by molar-refractivity contribution is 5.28. The van der Waals surface area contributed by atoms with Crippen molar-refractivity contribution in [1.82, 2.24) is 19.8 Å². The lowest BCUT2D eigenvalue weighted by atomic mass is 10.1. The summed E-state index contributed by atoms with van der Waals surface area (Å²) < 4.78 is 0. The van der Waals surface area contributed by atoms with E-state index < -0.39 is 0 Å². The van der Waals surface area contributed by atoms with Gasteiger partial charge in [-0.2, -0.15) is 0 Å². The smallest absolute Gasteiger partial charge is 0.158 e. The standard InChI is InChI=1S/C12H22N6/c1-9-6-18(8-11(9)17(2)3)7-10-4-15-12(16-13)5-14-10/h4-5,9,11H,6-8,13H2,1-3H3,(H,15,16). The second-order valence-corrected chi connectivity index (χ2v) is 5.24. The maximum atomic E-state index is 5.26. The van der Waals surface area contributed by atoms with Gasteiger partial charge in [-0.25, -0.2) is 10.8 Å². The maximum absolute atomic E-state index is 5.26. The molecular weight excluding hydrogens is 228 g/mol. The quantitative estimate of drug-likeness (QED) is 0.585. The van der Waals surface area contributed by atoms with Crippen LogP contribution in [0, 0.1) is 5.92 Å². The van der Waals surface area contributed by atoms with Crippen LogP contribution in [-0.4, -0.2) is 53.0 Å². The van der Waals surface area contributed by atoms with E-state index in [0.717, 1.165) is 25.3 Å². The fourth-order valence-electron chi connectivity index (χ4n) is 2.59. The molecule has 0 aromatic carbocycles. The Morgan fingerprint density at radius 2 is 2.17 bits per heavy atom. The highest BCUT2D eigenvalue weighted by Crippen LogP contribution is 2.21. The maximum Gasteiger partial charge on any atom is 0.158 e. The molecule has 2 atom stereocenters. The number of hydrogen-bond acceptors (Lipinski definition) is 6. The van der Waals surface area contributed by atoms with Crippen molar-refractivity contribution in [2.75, 3.05) is 32.6 Å². The van der Waals surface area contributed by atoms with Gasteiger partial charge in [-0.05, 0) is 20.0 Å². The van der Waals surface area contributed by atoms with Crippen LogP contribution in [0.2, 0.25) is 0 Å². The Morgan fingerprint density at radius 1 is 1.39 bits per heavy atom. The van der Waals surface area contributed by atoms with E-state index in [1.807, 2.05) is 0 Å². The first kappa shape index (κ1) is 13.2. The van der Waals surface area contributed by atoms with Gasteiger partial charge >= 0.3 is 0 Å². The predicted octanol–water partition coefficient (Wildman–Crippen LogP) is 0.144. The number of rotatable bonds is 4. The molecule has 0 saturated carbocycles. The Labute approximate surface area is 108 Å². The summed E-state index contributed by atoms with van der Waals surface area (Å²) in [5.41, 5.74) is 3.47. The summed E-state index contributed by atoms with van der Waals surface area (Å²) in [6, 6.07) is 0.628. The molecule has 1 aliphatic rings. The molecule has 2 rings (SSSR count). The van der Waals surface area contributed by atoms with E-state index in [4.69, 9.17) is 5.84 Å². The van der Waals surface area contributed by atoms with E-state index in [0.29, 0.717) is 17.8 Å². The van der Waals surface area contributed by atoms with Crippen molar-refractivity contribution < 1.29 is 0 Å². The van der Waals surface area contributed by atoms with Crippen LogP contribution < -0.4 is 11.3 Å². The molecule has 2 unspecified atom stereocenters. The monoisotopic (exact) mass is 250 g/mol. The number of nitrogens with one attached hydrogen (secondary N) is 1. The molecule has 2 heterocycles. The Bertz CT molecular complexity index is 377. The molecule has 0 bridgehead atoms. The second-order valence-electron chi connectivity index (χ2n) is 5.24. The molecule has 100 valence electrons. The Kier molecular flexibility index (Phi) is 4.11. The molecule has 0 radical (unpaired) electrons. The number of nitrogens with two attached hydrogens (primary N) is 1. The third-order valence-electron chi connectivity index (χ3n) is 3.55. The van der Waals surface area contributed by atoms with Crippen molar-refractivity contribution in [3.63, 3.8) is 0 Å². The van der Waals surface area contributed by atoms with E-state index >= 15 is 0 Å². The Hall–Kier alpha value is -1.24. The predicted molar refractivity (Wildman–Crippen MR) is 71.8 cm³/mol. The van der Waals surface area contributed by atoms with Gasteiger partial charge in [0.25, 0.3) is 0 Å². The van der Waals surface area contributed by atoms with Gasteiger partial charge in [-0.15, -0.1) is 0 Å². The summed E-state index contributed by atoms with van der Waals surface area (Å²) in [6.45, 7) is 5.36. The van der Waals surface area contributed by atoms with Gasteiger partial charge in [0.1, 0.15) is 0 Å². The molecule has 0 aliphatic carbocycles. The van der Waals surface area contributed by atoms with Gasteiger partial charge in [0.2, 0.25) is 0 Å². The average Bonchev–Trinajstić information content (AvgIpc) is 2.71. The van der Waals surface area contributed by atoms with Crippen LogP contribution in [0.3, 0.4) is 0 Å². The summed E-state index contributed by atoms with van der Waals surface area (Å²) in [6.07, 6.45) is 3.45. The van der Waals surface area contributed by atoms with Crippen LogP contribution in [0.5, 0.6) is 0 Å². The first-order valence-electron chi connectivity index (χ1n) is 6.26. The molecular formula is C12H22N6. The van der Waals surface area contributed by atoms with Gasteiger partial charge in [-0.3, -0.25) is 9.88 Å². The van der Waals surface area contributed by atoms with E-state index in [9.17, 15) is 0 Å². The number of nitrogens with zero attached hydrogens (tertiary/aromatic N) is 4. The number of likely N-dealkylation sites (N-methyl/N-ethyl adjacent to an activating group) is 1. The van der Waals surface area contributed by atoms with Gasteiger partial charge in [0.05, 0.1) is 18.1 Å². The van der Waals surface area contributed by atoms with Crippen molar-refractivity contribution in [2.45, 2.75) is 19.5 Å². The van der Waals surface area contributed by atoms with Gasteiger partial charge in [0.15, 0.2) is 5.82 Å². The minimum Gasteiger partial charge on any atom is -0.307 e. The van der Waals surface area contributed by atoms with Crippen LogP contribution in [0.4, 0.5) is 5.82 Å². The highest BCUT2D eigenvalue weighted by atomic mass is 15.3. The van der Waals surface area contributed by atoms with Crippen molar-refractivity contribution in [3.8, 4) is 0 Å². The van der Waals surface area contributed by atoms with Crippen LogP contribution in [0.15, 0.2) is 12.4 Å². The fraction of sp³-hybridized carbons (Fsp3) is 0.667. The fourth-order valence-corrected chi connectivity index (χ4v) is 2.59. The number of hydrazine groups is 1. The summed E-state index contributed by atoms with van der Waals surface area (Å²) in [7, 11) is 4.29. The molecule has 1 aromatic heterocycles. The topological polar surface area (TPSA) is 70.3 Å². The first-order chi connectivity index (χ1) is 8.60. The minimum absolute atomic E-state index is 0.597. The average molecular weight is 250 g/mol. The zero-order valence-corrected chi connectivity index (χ0v) is 11.3. The zero-order valence-electron chi connectivity index (χ0n) is 11.3.